The summed E-state index contributed by atoms with van der Waals surface area (Å²) in [7, 11) is 0. The first kappa shape index (κ1) is 39.5. The molecule has 312 valence electrons. The summed E-state index contributed by atoms with van der Waals surface area (Å²) in [5.74, 6) is -2.61. The highest BCUT2D eigenvalue weighted by Crippen LogP contribution is 2.37. The summed E-state index contributed by atoms with van der Waals surface area (Å²) in [5, 5.41) is 38.5. The Morgan fingerprint density at radius 1 is 0.933 bits per heavy atom. The van der Waals surface area contributed by atoms with E-state index in [1.165, 1.54) is 22.8 Å². The Bertz CT molecular complexity index is 2510. The van der Waals surface area contributed by atoms with Crippen molar-refractivity contribution in [1.29, 1.82) is 5.26 Å². The second-order valence-corrected chi connectivity index (χ2v) is 17.0. The maximum atomic E-state index is 15.2. The van der Waals surface area contributed by atoms with E-state index in [9.17, 15) is 24.8 Å². The molecule has 1 aliphatic carbocycles. The average Bonchev–Trinajstić information content (AvgIpc) is 3.83. The number of anilines is 3. The molecule has 6 heterocycles. The van der Waals surface area contributed by atoms with Crippen molar-refractivity contribution in [2.75, 3.05) is 54.8 Å². The van der Waals surface area contributed by atoms with Gasteiger partial charge in [-0.3, -0.25) is 34.2 Å². The van der Waals surface area contributed by atoms with Crippen LogP contribution in [0.25, 0.3) is 16.4 Å². The Labute approximate surface area is 344 Å². The van der Waals surface area contributed by atoms with Crippen LogP contribution in [0, 0.1) is 23.0 Å². The Hall–Kier alpha value is -5.96. The summed E-state index contributed by atoms with van der Waals surface area (Å²) in [6, 6.07) is 13.4. The van der Waals surface area contributed by atoms with Gasteiger partial charge in [0.15, 0.2) is 11.6 Å². The number of carbonyl (C=O) groups is 3. The van der Waals surface area contributed by atoms with E-state index in [1.54, 1.807) is 36.9 Å². The highest BCUT2D eigenvalue weighted by atomic mass is 19.1. The number of aliphatic hydroxyl groups is 1. The quantitative estimate of drug-likeness (QED) is 0.154. The lowest BCUT2D eigenvalue weighted by atomic mass is 9.89. The largest absolute Gasteiger partial charge is 0.386 e. The van der Waals surface area contributed by atoms with Crippen LogP contribution in [-0.4, -0.2) is 109 Å². The van der Waals surface area contributed by atoms with Crippen molar-refractivity contribution >= 4 is 51.2 Å². The number of nitriles is 1. The molecule has 17 heteroatoms. The second-order valence-electron chi connectivity index (χ2n) is 17.0. The zero-order chi connectivity index (χ0) is 41.9. The predicted octanol–water partition coefficient (Wildman–Crippen LogP) is 4.52. The minimum absolute atomic E-state index is 0.0535. The van der Waals surface area contributed by atoms with Crippen LogP contribution in [0.1, 0.15) is 80.0 Å². The number of halogens is 2. The lowest BCUT2D eigenvalue weighted by molar-refractivity contribution is -0.133. The first-order valence-corrected chi connectivity index (χ1v) is 20.6. The smallest absolute Gasteiger partial charge is 0.274 e. The van der Waals surface area contributed by atoms with Crippen molar-refractivity contribution in [1.82, 2.24) is 34.5 Å². The zero-order valence-electron chi connectivity index (χ0n) is 33.5. The molecule has 0 radical (unpaired) electrons. The average molecular weight is 820 g/mol. The number of fused-ring (bicyclic) bond motifs is 2. The number of aromatic nitrogens is 4. The van der Waals surface area contributed by atoms with Gasteiger partial charge in [-0.05, 0) is 88.4 Å². The zero-order valence-corrected chi connectivity index (χ0v) is 33.5. The summed E-state index contributed by atoms with van der Waals surface area (Å²) >= 11 is 0. The highest BCUT2D eigenvalue weighted by Gasteiger charge is 2.38. The number of nitrogens with zero attached hydrogens (tertiary/aromatic N) is 8. The third-order valence-electron chi connectivity index (χ3n) is 12.6. The van der Waals surface area contributed by atoms with Gasteiger partial charge in [-0.1, -0.05) is 0 Å². The molecule has 1 saturated carbocycles. The minimum atomic E-state index is -1.26. The van der Waals surface area contributed by atoms with E-state index < -0.39 is 35.1 Å². The van der Waals surface area contributed by atoms with Gasteiger partial charge in [-0.15, -0.1) is 0 Å². The monoisotopic (exact) mass is 819 g/mol. The molecule has 3 saturated heterocycles. The van der Waals surface area contributed by atoms with Gasteiger partial charge in [0, 0.05) is 86.3 Å². The Morgan fingerprint density at radius 2 is 1.62 bits per heavy atom. The number of rotatable bonds is 9. The molecular weight excluding hydrogens is 773 g/mol. The van der Waals surface area contributed by atoms with Crippen LogP contribution in [0.4, 0.5) is 25.8 Å². The third kappa shape index (κ3) is 7.66. The second kappa shape index (κ2) is 15.6. The number of nitrogens with one attached hydrogen (secondary N) is 3. The van der Waals surface area contributed by atoms with Gasteiger partial charge in [-0.2, -0.15) is 15.5 Å². The molecule has 5 aromatic rings. The molecule has 4 fully saturated rings. The number of amides is 3. The van der Waals surface area contributed by atoms with Crippen LogP contribution in [0.2, 0.25) is 0 Å². The van der Waals surface area contributed by atoms with Gasteiger partial charge >= 0.3 is 0 Å². The predicted molar refractivity (Wildman–Crippen MR) is 219 cm³/mol. The molecule has 3 amide bonds. The maximum absolute atomic E-state index is 15.2. The molecule has 2 aromatic carbocycles. The first-order chi connectivity index (χ1) is 28.8. The van der Waals surface area contributed by atoms with Crippen molar-refractivity contribution in [3.8, 4) is 6.07 Å². The molecule has 15 nitrogen and oxygen atoms in total. The van der Waals surface area contributed by atoms with Gasteiger partial charge in [0.25, 0.3) is 5.91 Å². The molecule has 3 aliphatic heterocycles. The molecule has 0 spiro atoms. The van der Waals surface area contributed by atoms with Crippen LogP contribution in [0.3, 0.4) is 0 Å². The Kier molecular flexibility index (Phi) is 10.3. The standard InChI is InChI=1S/C43H47F2N11O4/c1-43(2,60)32-19-36-26(16-37(32)49-42(59)38-9-7-30-15-25(20-46)21-47-56(30)38)22-55(51-36)29-5-3-28(4-6-29)52-11-13-53(14-12-52)31-23-54(24-31)40-33(44)17-27(18-34(40)45)48-35-8-10-39(57)50-41(35)58/h7,9,15-19,21-22,28-29,31,35,48,60H,3-6,8,10-14,23-24H2,1-2H3,(H,49,59)(H,50,57,58)/t28?,29?,35-/m0/s1. The molecular formula is C43H47F2N11O4. The van der Waals surface area contributed by atoms with Crippen molar-refractivity contribution in [2.45, 2.75) is 82.1 Å². The molecule has 60 heavy (non-hydrogen) atoms. The summed E-state index contributed by atoms with van der Waals surface area (Å²) in [6.07, 6.45) is 7.89. The van der Waals surface area contributed by atoms with Crippen molar-refractivity contribution in [3.63, 3.8) is 0 Å². The fourth-order valence-electron chi connectivity index (χ4n) is 9.31. The van der Waals surface area contributed by atoms with E-state index in [0.717, 1.165) is 62.8 Å². The molecule has 9 rings (SSSR count). The van der Waals surface area contributed by atoms with E-state index in [2.05, 4.69) is 36.9 Å². The third-order valence-corrected chi connectivity index (χ3v) is 12.6. The summed E-state index contributed by atoms with van der Waals surface area (Å²) < 4.78 is 33.9. The molecule has 4 aliphatic rings. The van der Waals surface area contributed by atoms with Gasteiger partial charge in [0.05, 0.1) is 34.4 Å². The lowest BCUT2D eigenvalue weighted by Crippen LogP contribution is -2.64. The van der Waals surface area contributed by atoms with Crippen molar-refractivity contribution in [2.24, 2.45) is 0 Å². The Morgan fingerprint density at radius 3 is 2.28 bits per heavy atom. The molecule has 0 unspecified atom stereocenters. The summed E-state index contributed by atoms with van der Waals surface area (Å²) in [5.41, 5.74) is 1.94. The first-order valence-electron chi connectivity index (χ1n) is 20.6. The van der Waals surface area contributed by atoms with Crippen molar-refractivity contribution < 1.29 is 28.3 Å². The van der Waals surface area contributed by atoms with E-state index in [4.69, 9.17) is 5.10 Å². The fourth-order valence-corrected chi connectivity index (χ4v) is 9.31. The van der Waals surface area contributed by atoms with E-state index in [-0.39, 0.29) is 42.2 Å². The number of hydrogen-bond acceptors (Lipinski definition) is 11. The van der Waals surface area contributed by atoms with Gasteiger partial charge < -0.3 is 20.6 Å². The van der Waals surface area contributed by atoms with Gasteiger partial charge in [0.2, 0.25) is 11.8 Å². The maximum Gasteiger partial charge on any atom is 0.274 e. The normalized spacial score (nSPS) is 22.1. The van der Waals surface area contributed by atoms with Crippen LogP contribution >= 0.6 is 0 Å². The summed E-state index contributed by atoms with van der Waals surface area (Å²) in [6.45, 7) is 8.09. The number of benzene rings is 2. The highest BCUT2D eigenvalue weighted by molar-refractivity contribution is 6.05. The van der Waals surface area contributed by atoms with Crippen LogP contribution in [0.5, 0.6) is 0 Å². The van der Waals surface area contributed by atoms with Gasteiger partial charge in [0.1, 0.15) is 23.5 Å². The number of carbonyl (C=O) groups excluding carboxylic acids is 3. The van der Waals surface area contributed by atoms with Crippen molar-refractivity contribution in [3.05, 3.63) is 83.3 Å². The van der Waals surface area contributed by atoms with E-state index in [0.29, 0.717) is 47.2 Å². The van der Waals surface area contributed by atoms with E-state index >= 15 is 8.78 Å². The topological polar surface area (TPSA) is 176 Å². The molecule has 1 atom stereocenters. The number of piperidine rings is 1. The molecule has 3 aromatic heterocycles. The van der Waals surface area contributed by atoms with Crippen LogP contribution in [0.15, 0.2) is 54.9 Å². The van der Waals surface area contributed by atoms with Gasteiger partial charge in [-0.25, -0.2) is 13.3 Å². The SMILES string of the molecule is CC(C)(O)c1cc2nn(C3CCC(N4CCN(C5CN(c6c(F)cc(N[C@H]7CCC(=O)NC7=O)cc6F)C5)CC4)CC3)cc2cc1NC(=O)c1ccc2cc(C#N)cnn12. The molecule has 4 N–H and O–H groups in total. The molecule has 0 bridgehead atoms. The minimum Gasteiger partial charge on any atom is -0.386 e. The Balaban J connectivity index is 0.778. The lowest BCUT2D eigenvalue weighted by Gasteiger charge is -2.50. The van der Waals surface area contributed by atoms with Crippen LogP contribution in [-0.2, 0) is 15.2 Å². The van der Waals surface area contributed by atoms with E-state index in [1.807, 2.05) is 23.0 Å². The number of piperazine rings is 1. The fraction of sp³-hybridized carbons (Fsp3) is 0.442. The summed E-state index contributed by atoms with van der Waals surface area (Å²) in [4.78, 5) is 43.8. The number of hydrogen-bond donors (Lipinski definition) is 4. The van der Waals surface area contributed by atoms with Crippen LogP contribution < -0.4 is 20.9 Å². The number of imide groups is 1.